The highest BCUT2D eigenvalue weighted by Gasteiger charge is 2.17. The lowest BCUT2D eigenvalue weighted by Gasteiger charge is -2.13. The van der Waals surface area contributed by atoms with Gasteiger partial charge in [0, 0.05) is 42.2 Å². The van der Waals surface area contributed by atoms with Crippen molar-refractivity contribution in [3.63, 3.8) is 0 Å². The molecule has 0 atom stereocenters. The minimum atomic E-state index is 0.713. The molecule has 0 amide bonds. The third kappa shape index (κ3) is 5.18. The molecule has 0 N–H and O–H groups in total. The SMILES string of the molecule is c1ccc(-c2cc(-c3ccc4c(c3)sc3c5ccccc5c5ccccc5c43)cc(-c3cc(-c4ccccc4)nc(-c4ccccc4)n3)c2)cc1. The van der Waals surface area contributed by atoms with E-state index in [-0.39, 0.29) is 0 Å². The van der Waals surface area contributed by atoms with Crippen molar-refractivity contribution in [1.29, 1.82) is 0 Å². The van der Waals surface area contributed by atoms with E-state index in [2.05, 4.69) is 158 Å². The van der Waals surface area contributed by atoms with E-state index >= 15 is 0 Å². The second-order valence-electron chi connectivity index (χ2n) is 13.0. The first kappa shape index (κ1) is 29.5. The van der Waals surface area contributed by atoms with Gasteiger partial charge in [-0.25, -0.2) is 9.97 Å². The smallest absolute Gasteiger partial charge is 0.160 e. The Morgan fingerprint density at radius 1 is 0.314 bits per heavy atom. The number of aromatic nitrogens is 2. The molecule has 0 saturated heterocycles. The standard InChI is InChI=1S/C48H30N2S/c1-4-14-31(15-5-1)35-26-36(28-37(27-35)44-30-43(32-16-6-2-7-17-32)49-48(50-44)33-18-8-3-9-19-33)34-24-25-42-45(29-34)51-47-41-23-13-11-21-39(41)38-20-10-12-22-40(38)46(42)47/h1-30H. The zero-order valence-corrected chi connectivity index (χ0v) is 28.4. The van der Waals surface area contributed by atoms with Crippen LogP contribution in [0.25, 0.3) is 97.9 Å². The Bertz CT molecular complexity index is 2840. The van der Waals surface area contributed by atoms with Crippen LogP contribution in [-0.2, 0) is 0 Å². The summed E-state index contributed by atoms with van der Waals surface area (Å²) < 4.78 is 2.63. The number of rotatable bonds is 5. The van der Waals surface area contributed by atoms with Gasteiger partial charge < -0.3 is 0 Å². The zero-order valence-electron chi connectivity index (χ0n) is 27.6. The quantitative estimate of drug-likeness (QED) is 0.171. The monoisotopic (exact) mass is 666 g/mol. The molecular weight excluding hydrogens is 637 g/mol. The van der Waals surface area contributed by atoms with Crippen LogP contribution in [0.2, 0.25) is 0 Å². The Labute approximate surface area is 300 Å². The van der Waals surface area contributed by atoms with E-state index in [0.717, 1.165) is 39.2 Å². The van der Waals surface area contributed by atoms with Crippen LogP contribution in [0, 0.1) is 0 Å². The highest BCUT2D eigenvalue weighted by molar-refractivity contribution is 7.27. The van der Waals surface area contributed by atoms with Crippen LogP contribution in [0.15, 0.2) is 182 Å². The Hall–Kier alpha value is -6.42. The number of fused-ring (bicyclic) bond motifs is 8. The predicted octanol–water partition coefficient (Wildman–Crippen LogP) is 13.5. The van der Waals surface area contributed by atoms with Crippen molar-refractivity contribution in [2.24, 2.45) is 0 Å². The maximum Gasteiger partial charge on any atom is 0.160 e. The number of hydrogen-bond donors (Lipinski definition) is 0. The second kappa shape index (κ2) is 12.2. The molecular formula is C48H30N2S. The summed E-state index contributed by atoms with van der Waals surface area (Å²) in [6.07, 6.45) is 0. The lowest BCUT2D eigenvalue weighted by Crippen LogP contribution is -1.96. The molecule has 238 valence electrons. The van der Waals surface area contributed by atoms with Crippen LogP contribution >= 0.6 is 11.3 Å². The first-order chi connectivity index (χ1) is 25.3. The van der Waals surface area contributed by atoms with E-state index in [0.29, 0.717) is 5.82 Å². The summed E-state index contributed by atoms with van der Waals surface area (Å²) in [5, 5.41) is 7.88. The van der Waals surface area contributed by atoms with Gasteiger partial charge in [0.15, 0.2) is 5.82 Å². The molecule has 51 heavy (non-hydrogen) atoms. The van der Waals surface area contributed by atoms with E-state index in [1.165, 1.54) is 52.8 Å². The molecule has 0 fully saturated rings. The molecule has 2 nitrogen and oxygen atoms in total. The van der Waals surface area contributed by atoms with Crippen LogP contribution in [0.5, 0.6) is 0 Å². The maximum atomic E-state index is 5.20. The van der Waals surface area contributed by atoms with Gasteiger partial charge in [0.05, 0.1) is 11.4 Å². The van der Waals surface area contributed by atoms with Gasteiger partial charge in [0.2, 0.25) is 0 Å². The Kier molecular flexibility index (Phi) is 7.04. The number of hydrogen-bond acceptors (Lipinski definition) is 3. The van der Waals surface area contributed by atoms with Crippen LogP contribution in [0.3, 0.4) is 0 Å². The first-order valence-corrected chi connectivity index (χ1v) is 18.1. The van der Waals surface area contributed by atoms with Crippen molar-refractivity contribution >= 4 is 53.1 Å². The molecule has 0 unspecified atom stereocenters. The number of benzene rings is 8. The van der Waals surface area contributed by atoms with Gasteiger partial charge in [0.1, 0.15) is 0 Å². The fraction of sp³-hybridized carbons (Fsp3) is 0. The maximum absolute atomic E-state index is 5.20. The Balaban J connectivity index is 1.20. The van der Waals surface area contributed by atoms with Gasteiger partial charge >= 0.3 is 0 Å². The molecule has 0 aliphatic carbocycles. The zero-order chi connectivity index (χ0) is 33.7. The molecule has 2 heterocycles. The molecule has 10 aromatic rings. The van der Waals surface area contributed by atoms with Crippen molar-refractivity contribution in [2.75, 3.05) is 0 Å². The molecule has 0 radical (unpaired) electrons. The van der Waals surface area contributed by atoms with Crippen molar-refractivity contribution in [1.82, 2.24) is 9.97 Å². The third-order valence-corrected chi connectivity index (χ3v) is 11.0. The molecule has 0 aliphatic rings. The topological polar surface area (TPSA) is 25.8 Å². The Morgan fingerprint density at radius 2 is 0.824 bits per heavy atom. The summed E-state index contributed by atoms with van der Waals surface area (Å²) in [4.78, 5) is 10.2. The fourth-order valence-electron chi connectivity index (χ4n) is 7.39. The molecule has 0 spiro atoms. The normalized spacial score (nSPS) is 11.5. The van der Waals surface area contributed by atoms with Crippen LogP contribution in [-0.4, -0.2) is 9.97 Å². The molecule has 2 aromatic heterocycles. The molecule has 0 saturated carbocycles. The van der Waals surface area contributed by atoms with Crippen molar-refractivity contribution in [2.45, 2.75) is 0 Å². The van der Waals surface area contributed by atoms with E-state index in [1.54, 1.807) is 0 Å². The summed E-state index contributed by atoms with van der Waals surface area (Å²) in [6, 6.07) is 64.9. The molecule has 10 rings (SSSR count). The van der Waals surface area contributed by atoms with Crippen molar-refractivity contribution in [3.8, 4) is 56.2 Å². The molecule has 0 aliphatic heterocycles. The second-order valence-corrected chi connectivity index (χ2v) is 14.0. The first-order valence-electron chi connectivity index (χ1n) is 17.2. The van der Waals surface area contributed by atoms with Gasteiger partial charge in [-0.3, -0.25) is 0 Å². The number of thiophene rings is 1. The van der Waals surface area contributed by atoms with Gasteiger partial charge in [-0.2, -0.15) is 0 Å². The minimum absolute atomic E-state index is 0.713. The lowest BCUT2D eigenvalue weighted by molar-refractivity contribution is 1.18. The molecule has 0 bridgehead atoms. The highest BCUT2D eigenvalue weighted by atomic mass is 32.1. The highest BCUT2D eigenvalue weighted by Crippen LogP contribution is 2.45. The van der Waals surface area contributed by atoms with E-state index in [4.69, 9.17) is 9.97 Å². The van der Waals surface area contributed by atoms with Gasteiger partial charge in [-0.1, -0.05) is 152 Å². The third-order valence-electron chi connectivity index (χ3n) is 9.85. The summed E-state index contributed by atoms with van der Waals surface area (Å²) in [6.45, 7) is 0. The summed E-state index contributed by atoms with van der Waals surface area (Å²) in [5.41, 5.74) is 9.55. The van der Waals surface area contributed by atoms with Gasteiger partial charge in [-0.05, 0) is 68.7 Å². The van der Waals surface area contributed by atoms with Gasteiger partial charge in [0.25, 0.3) is 0 Å². The van der Waals surface area contributed by atoms with E-state index in [1.807, 2.05) is 35.6 Å². The number of nitrogens with zero attached hydrogens (tertiary/aromatic N) is 2. The molecule has 8 aromatic carbocycles. The largest absolute Gasteiger partial charge is 0.228 e. The summed E-state index contributed by atoms with van der Waals surface area (Å²) in [7, 11) is 0. The van der Waals surface area contributed by atoms with Crippen LogP contribution in [0.4, 0.5) is 0 Å². The Morgan fingerprint density at radius 3 is 1.51 bits per heavy atom. The molecule has 3 heteroatoms. The average molecular weight is 667 g/mol. The van der Waals surface area contributed by atoms with Crippen molar-refractivity contribution < 1.29 is 0 Å². The van der Waals surface area contributed by atoms with Crippen LogP contribution < -0.4 is 0 Å². The fourth-order valence-corrected chi connectivity index (χ4v) is 8.69. The summed E-state index contributed by atoms with van der Waals surface area (Å²) in [5.74, 6) is 0.713. The predicted molar refractivity (Wildman–Crippen MR) is 217 cm³/mol. The van der Waals surface area contributed by atoms with Crippen LogP contribution in [0.1, 0.15) is 0 Å². The van der Waals surface area contributed by atoms with Crippen molar-refractivity contribution in [3.05, 3.63) is 182 Å². The average Bonchev–Trinajstić information content (AvgIpc) is 3.61. The lowest BCUT2D eigenvalue weighted by atomic mass is 9.93. The van der Waals surface area contributed by atoms with E-state index in [9.17, 15) is 0 Å². The van der Waals surface area contributed by atoms with E-state index < -0.39 is 0 Å². The van der Waals surface area contributed by atoms with Gasteiger partial charge in [-0.15, -0.1) is 11.3 Å². The summed E-state index contributed by atoms with van der Waals surface area (Å²) >= 11 is 1.89. The minimum Gasteiger partial charge on any atom is -0.228 e.